The van der Waals surface area contributed by atoms with Gasteiger partial charge in [-0.2, -0.15) is 4.68 Å². The SMILES string of the molecule is Nn1c(Nc2ccccn2)nc2ccccc2c1=O. The third-order valence-corrected chi connectivity index (χ3v) is 2.71. The van der Waals surface area contributed by atoms with Crippen LogP contribution in [0.1, 0.15) is 0 Å². The Morgan fingerprint density at radius 2 is 1.89 bits per heavy atom. The minimum Gasteiger partial charge on any atom is -0.333 e. The molecule has 2 aromatic heterocycles. The lowest BCUT2D eigenvalue weighted by Gasteiger charge is -2.09. The van der Waals surface area contributed by atoms with Crippen LogP contribution in [0.15, 0.2) is 53.5 Å². The van der Waals surface area contributed by atoms with Crippen molar-refractivity contribution in [1.29, 1.82) is 0 Å². The smallest absolute Gasteiger partial charge is 0.281 e. The monoisotopic (exact) mass is 253 g/mol. The number of nitrogens with two attached hydrogens (primary N) is 1. The molecule has 6 nitrogen and oxygen atoms in total. The molecule has 3 aromatic rings. The average molecular weight is 253 g/mol. The van der Waals surface area contributed by atoms with Gasteiger partial charge in [-0.3, -0.25) is 4.79 Å². The molecule has 0 unspecified atom stereocenters. The number of anilines is 2. The molecule has 3 rings (SSSR count). The van der Waals surface area contributed by atoms with Crippen molar-refractivity contribution in [3.63, 3.8) is 0 Å². The van der Waals surface area contributed by atoms with Crippen LogP contribution in [0, 0.1) is 0 Å². The van der Waals surface area contributed by atoms with E-state index in [0.717, 1.165) is 4.68 Å². The molecule has 0 aliphatic rings. The van der Waals surface area contributed by atoms with E-state index in [2.05, 4.69) is 15.3 Å². The zero-order valence-corrected chi connectivity index (χ0v) is 9.95. The molecule has 6 heteroatoms. The number of hydrogen-bond donors (Lipinski definition) is 2. The van der Waals surface area contributed by atoms with Crippen LogP contribution >= 0.6 is 0 Å². The van der Waals surface area contributed by atoms with E-state index in [4.69, 9.17) is 5.84 Å². The predicted octanol–water partition coefficient (Wildman–Crippen LogP) is 1.25. The van der Waals surface area contributed by atoms with Crippen molar-refractivity contribution < 1.29 is 0 Å². The Hall–Kier alpha value is -2.89. The zero-order valence-electron chi connectivity index (χ0n) is 9.95. The third-order valence-electron chi connectivity index (χ3n) is 2.71. The topological polar surface area (TPSA) is 85.8 Å². The van der Waals surface area contributed by atoms with Gasteiger partial charge in [-0.1, -0.05) is 18.2 Å². The molecule has 19 heavy (non-hydrogen) atoms. The fourth-order valence-corrected chi connectivity index (χ4v) is 1.79. The Morgan fingerprint density at radius 3 is 2.68 bits per heavy atom. The summed E-state index contributed by atoms with van der Waals surface area (Å²) in [5, 5.41) is 3.40. The maximum Gasteiger partial charge on any atom is 0.281 e. The van der Waals surface area contributed by atoms with E-state index in [1.807, 2.05) is 12.1 Å². The Balaban J connectivity index is 2.14. The number of pyridine rings is 1. The highest BCUT2D eigenvalue weighted by Gasteiger charge is 2.08. The molecule has 0 aliphatic carbocycles. The molecule has 94 valence electrons. The summed E-state index contributed by atoms with van der Waals surface area (Å²) < 4.78 is 0.983. The molecule has 0 saturated heterocycles. The molecule has 0 aliphatic heterocycles. The molecule has 3 N–H and O–H groups in total. The Bertz CT molecular complexity index is 782. The molecule has 0 spiro atoms. The van der Waals surface area contributed by atoms with E-state index in [1.165, 1.54) is 0 Å². The highest BCUT2D eigenvalue weighted by molar-refractivity contribution is 5.78. The average Bonchev–Trinajstić information content (AvgIpc) is 2.46. The van der Waals surface area contributed by atoms with Crippen molar-refractivity contribution in [3.8, 4) is 0 Å². The summed E-state index contributed by atoms with van der Waals surface area (Å²) in [4.78, 5) is 20.5. The molecular weight excluding hydrogens is 242 g/mol. The fourth-order valence-electron chi connectivity index (χ4n) is 1.79. The first-order valence-electron chi connectivity index (χ1n) is 5.70. The van der Waals surface area contributed by atoms with Gasteiger partial charge in [0.05, 0.1) is 10.9 Å². The number of hydrogen-bond acceptors (Lipinski definition) is 5. The van der Waals surface area contributed by atoms with Crippen molar-refractivity contribution in [3.05, 3.63) is 59.0 Å². The van der Waals surface area contributed by atoms with Gasteiger partial charge in [0.2, 0.25) is 5.95 Å². The summed E-state index contributed by atoms with van der Waals surface area (Å²) in [6, 6.07) is 12.4. The van der Waals surface area contributed by atoms with E-state index in [0.29, 0.717) is 16.7 Å². The number of para-hydroxylation sites is 1. The van der Waals surface area contributed by atoms with E-state index in [-0.39, 0.29) is 11.5 Å². The lowest BCUT2D eigenvalue weighted by Crippen LogP contribution is -2.30. The summed E-state index contributed by atoms with van der Waals surface area (Å²) in [5.74, 6) is 6.57. The minimum absolute atomic E-state index is 0.252. The Morgan fingerprint density at radius 1 is 1.11 bits per heavy atom. The molecular formula is C13H11N5O. The van der Waals surface area contributed by atoms with E-state index < -0.39 is 0 Å². The first-order valence-corrected chi connectivity index (χ1v) is 5.70. The molecule has 2 heterocycles. The van der Waals surface area contributed by atoms with E-state index in [1.54, 1.807) is 36.5 Å². The molecule has 0 atom stereocenters. The number of nitrogens with zero attached hydrogens (tertiary/aromatic N) is 3. The zero-order chi connectivity index (χ0) is 13.2. The van der Waals surface area contributed by atoms with Crippen molar-refractivity contribution in [1.82, 2.24) is 14.6 Å². The lowest BCUT2D eigenvalue weighted by atomic mass is 10.2. The first kappa shape index (κ1) is 11.2. The number of fused-ring (bicyclic) bond motifs is 1. The van der Waals surface area contributed by atoms with Gasteiger partial charge in [0.15, 0.2) is 0 Å². The molecule has 0 amide bonds. The van der Waals surface area contributed by atoms with Crippen LogP contribution in [0.5, 0.6) is 0 Å². The van der Waals surface area contributed by atoms with Gasteiger partial charge in [0.25, 0.3) is 5.56 Å². The van der Waals surface area contributed by atoms with Gasteiger partial charge in [-0.15, -0.1) is 0 Å². The summed E-state index contributed by atoms with van der Waals surface area (Å²) in [6.45, 7) is 0. The molecule has 1 aromatic carbocycles. The highest BCUT2D eigenvalue weighted by Crippen LogP contribution is 2.12. The summed E-state index contributed by atoms with van der Waals surface area (Å²) in [6.07, 6.45) is 1.64. The van der Waals surface area contributed by atoms with Gasteiger partial charge in [-0.25, -0.2) is 9.97 Å². The summed E-state index contributed by atoms with van der Waals surface area (Å²) in [5.41, 5.74) is 0.289. The van der Waals surface area contributed by atoms with Crippen LogP contribution in [-0.4, -0.2) is 14.6 Å². The van der Waals surface area contributed by atoms with Crippen LogP contribution in [0.25, 0.3) is 10.9 Å². The molecule has 0 saturated carbocycles. The minimum atomic E-state index is -0.302. The van der Waals surface area contributed by atoms with Gasteiger partial charge < -0.3 is 11.2 Å². The Labute approximate surface area is 108 Å². The third kappa shape index (κ3) is 1.99. The maximum atomic E-state index is 12.1. The number of nitrogen functional groups attached to an aromatic ring is 1. The second-order valence-corrected chi connectivity index (χ2v) is 3.97. The summed E-state index contributed by atoms with van der Waals surface area (Å²) >= 11 is 0. The largest absolute Gasteiger partial charge is 0.333 e. The molecule has 0 fully saturated rings. The number of nitrogens with one attached hydrogen (secondary N) is 1. The fraction of sp³-hybridized carbons (Fsp3) is 0. The van der Waals surface area contributed by atoms with Crippen LogP contribution < -0.4 is 16.7 Å². The normalized spacial score (nSPS) is 10.5. The molecule has 0 radical (unpaired) electrons. The van der Waals surface area contributed by atoms with Gasteiger partial charge in [0, 0.05) is 6.20 Å². The second-order valence-electron chi connectivity index (χ2n) is 3.97. The van der Waals surface area contributed by atoms with E-state index >= 15 is 0 Å². The highest BCUT2D eigenvalue weighted by atomic mass is 16.1. The number of aromatic nitrogens is 3. The molecule has 0 bridgehead atoms. The van der Waals surface area contributed by atoms with E-state index in [9.17, 15) is 4.79 Å². The van der Waals surface area contributed by atoms with Gasteiger partial charge in [-0.05, 0) is 24.3 Å². The quantitative estimate of drug-likeness (QED) is 0.671. The van der Waals surface area contributed by atoms with Crippen LogP contribution in [0.4, 0.5) is 11.8 Å². The van der Waals surface area contributed by atoms with Crippen molar-refractivity contribution in [2.75, 3.05) is 11.2 Å². The van der Waals surface area contributed by atoms with Gasteiger partial charge in [0.1, 0.15) is 5.82 Å². The summed E-state index contributed by atoms with van der Waals surface area (Å²) in [7, 11) is 0. The van der Waals surface area contributed by atoms with Crippen LogP contribution in [-0.2, 0) is 0 Å². The number of rotatable bonds is 2. The standard InChI is InChI=1S/C13H11N5O/c14-18-12(19)9-5-1-2-6-10(9)16-13(18)17-11-7-3-4-8-15-11/h1-8H,14H2,(H,15,16,17). The van der Waals surface area contributed by atoms with Crippen molar-refractivity contribution in [2.24, 2.45) is 0 Å². The number of benzene rings is 1. The van der Waals surface area contributed by atoms with Crippen molar-refractivity contribution >= 4 is 22.7 Å². The Kier molecular flexibility index (Phi) is 2.60. The maximum absolute atomic E-state index is 12.1. The van der Waals surface area contributed by atoms with Gasteiger partial charge >= 0.3 is 0 Å². The van der Waals surface area contributed by atoms with Crippen molar-refractivity contribution in [2.45, 2.75) is 0 Å². The predicted molar refractivity (Wildman–Crippen MR) is 73.7 cm³/mol. The second kappa shape index (κ2) is 4.41. The van der Waals surface area contributed by atoms with Crippen LogP contribution in [0.3, 0.4) is 0 Å². The lowest BCUT2D eigenvalue weighted by molar-refractivity contribution is 0.924. The first-order chi connectivity index (χ1) is 9.25. The van der Waals surface area contributed by atoms with Crippen LogP contribution in [0.2, 0.25) is 0 Å².